The van der Waals surface area contributed by atoms with Crippen LogP contribution < -0.4 is 5.32 Å². The van der Waals surface area contributed by atoms with Crippen LogP contribution in [0.1, 0.15) is 78.6 Å². The number of hydrogen-bond donors (Lipinski definition) is 1. The Morgan fingerprint density at radius 1 is 1.00 bits per heavy atom. The van der Waals surface area contributed by atoms with E-state index in [1.54, 1.807) is 0 Å². The topological polar surface area (TPSA) is 12.0 Å². The second-order valence-corrected chi connectivity index (χ2v) is 5.88. The molecule has 0 aliphatic heterocycles. The molecular weight excluding hydrogens is 206 g/mol. The van der Waals surface area contributed by atoms with Crippen molar-refractivity contribution in [1.82, 2.24) is 5.32 Å². The predicted octanol–water partition coefficient (Wildman–Crippen LogP) is 4.76. The smallest absolute Gasteiger partial charge is 0.00979 e. The zero-order valence-electron chi connectivity index (χ0n) is 12.3. The molecule has 1 nitrogen and oxygen atoms in total. The van der Waals surface area contributed by atoms with Gasteiger partial charge in [-0.1, -0.05) is 52.9 Å². The third-order valence-corrected chi connectivity index (χ3v) is 4.62. The molecule has 1 unspecified atom stereocenters. The monoisotopic (exact) mass is 239 g/mol. The van der Waals surface area contributed by atoms with Crippen LogP contribution >= 0.6 is 0 Å². The fraction of sp³-hybridized carbons (Fsp3) is 1.00. The van der Waals surface area contributed by atoms with Crippen LogP contribution in [0.4, 0.5) is 0 Å². The lowest BCUT2D eigenvalue weighted by Crippen LogP contribution is -2.39. The molecule has 1 heteroatoms. The minimum Gasteiger partial charge on any atom is -0.314 e. The van der Waals surface area contributed by atoms with E-state index < -0.39 is 0 Å². The molecular formula is C16H33N. The van der Waals surface area contributed by atoms with E-state index in [1.165, 1.54) is 64.3 Å². The summed E-state index contributed by atoms with van der Waals surface area (Å²) >= 11 is 0. The van der Waals surface area contributed by atoms with Crippen molar-refractivity contribution in [2.24, 2.45) is 11.8 Å². The van der Waals surface area contributed by atoms with E-state index in [4.69, 9.17) is 0 Å². The van der Waals surface area contributed by atoms with E-state index in [0.717, 1.165) is 17.9 Å². The predicted molar refractivity (Wildman–Crippen MR) is 77.3 cm³/mol. The zero-order chi connectivity index (χ0) is 12.5. The third-order valence-electron chi connectivity index (χ3n) is 4.62. The maximum atomic E-state index is 3.84. The van der Waals surface area contributed by atoms with Crippen molar-refractivity contribution in [2.75, 3.05) is 6.54 Å². The Morgan fingerprint density at radius 3 is 2.18 bits per heavy atom. The highest BCUT2D eigenvalue weighted by atomic mass is 14.9. The zero-order valence-corrected chi connectivity index (χ0v) is 12.3. The highest BCUT2D eigenvalue weighted by Gasteiger charge is 2.24. The van der Waals surface area contributed by atoms with Gasteiger partial charge in [0, 0.05) is 6.04 Å². The fourth-order valence-electron chi connectivity index (χ4n) is 3.29. The highest BCUT2D eigenvalue weighted by Crippen LogP contribution is 2.30. The Balaban J connectivity index is 2.45. The maximum absolute atomic E-state index is 3.84. The fourth-order valence-corrected chi connectivity index (χ4v) is 3.29. The van der Waals surface area contributed by atoms with E-state index in [2.05, 4.69) is 26.1 Å². The molecule has 1 atom stereocenters. The van der Waals surface area contributed by atoms with Crippen molar-refractivity contribution >= 4 is 0 Å². The first-order chi connectivity index (χ1) is 8.31. The summed E-state index contributed by atoms with van der Waals surface area (Å²) in [6.07, 6.45) is 12.8. The lowest BCUT2D eigenvalue weighted by atomic mass is 9.79. The first-order valence-electron chi connectivity index (χ1n) is 8.05. The summed E-state index contributed by atoms with van der Waals surface area (Å²) in [4.78, 5) is 0. The number of hydrogen-bond acceptors (Lipinski definition) is 1. The van der Waals surface area contributed by atoms with E-state index >= 15 is 0 Å². The van der Waals surface area contributed by atoms with Crippen LogP contribution in [-0.2, 0) is 0 Å². The minimum absolute atomic E-state index is 0.806. The van der Waals surface area contributed by atoms with E-state index in [-0.39, 0.29) is 0 Å². The summed E-state index contributed by atoms with van der Waals surface area (Å²) < 4.78 is 0. The van der Waals surface area contributed by atoms with Crippen LogP contribution in [0, 0.1) is 11.8 Å². The van der Waals surface area contributed by atoms with Crippen LogP contribution in [0.15, 0.2) is 0 Å². The molecule has 0 bridgehead atoms. The molecule has 0 aromatic carbocycles. The second-order valence-electron chi connectivity index (χ2n) is 5.88. The van der Waals surface area contributed by atoms with Gasteiger partial charge in [-0.05, 0) is 44.1 Å². The molecule has 1 fully saturated rings. The molecule has 0 amide bonds. The maximum Gasteiger partial charge on any atom is 0.00979 e. The lowest BCUT2D eigenvalue weighted by molar-refractivity contribution is 0.229. The van der Waals surface area contributed by atoms with Crippen LogP contribution in [0.25, 0.3) is 0 Å². The molecule has 17 heavy (non-hydrogen) atoms. The van der Waals surface area contributed by atoms with Gasteiger partial charge < -0.3 is 5.32 Å². The third kappa shape index (κ3) is 5.42. The van der Waals surface area contributed by atoms with Crippen molar-refractivity contribution < 1.29 is 0 Å². The molecule has 0 radical (unpaired) electrons. The largest absolute Gasteiger partial charge is 0.314 e. The van der Waals surface area contributed by atoms with Gasteiger partial charge in [0.1, 0.15) is 0 Å². The van der Waals surface area contributed by atoms with Crippen LogP contribution in [0.5, 0.6) is 0 Å². The summed E-state index contributed by atoms with van der Waals surface area (Å²) in [5.74, 6) is 1.90. The summed E-state index contributed by atoms with van der Waals surface area (Å²) in [7, 11) is 0. The van der Waals surface area contributed by atoms with Crippen LogP contribution in [-0.4, -0.2) is 12.6 Å². The first-order valence-corrected chi connectivity index (χ1v) is 8.05. The van der Waals surface area contributed by atoms with Crippen molar-refractivity contribution in [2.45, 2.75) is 84.6 Å². The van der Waals surface area contributed by atoms with Crippen molar-refractivity contribution in [3.63, 3.8) is 0 Å². The Kier molecular flexibility index (Phi) is 7.92. The van der Waals surface area contributed by atoms with E-state index in [0.29, 0.717) is 0 Å². The van der Waals surface area contributed by atoms with E-state index in [1.807, 2.05) is 0 Å². The lowest BCUT2D eigenvalue weighted by Gasteiger charge is -2.33. The average molecular weight is 239 g/mol. The number of nitrogens with one attached hydrogen (secondary N) is 1. The Hall–Kier alpha value is -0.0400. The quantitative estimate of drug-likeness (QED) is 0.644. The minimum atomic E-state index is 0.806. The van der Waals surface area contributed by atoms with Gasteiger partial charge in [0.05, 0.1) is 0 Å². The van der Waals surface area contributed by atoms with Gasteiger partial charge in [0.15, 0.2) is 0 Å². The van der Waals surface area contributed by atoms with Crippen molar-refractivity contribution in [1.29, 1.82) is 0 Å². The van der Waals surface area contributed by atoms with Crippen LogP contribution in [0.3, 0.4) is 0 Å². The SMILES string of the molecule is CCCNC(CC(CC)CC)C1CCCCC1. The molecule has 1 saturated carbocycles. The van der Waals surface area contributed by atoms with Gasteiger partial charge >= 0.3 is 0 Å². The van der Waals surface area contributed by atoms with E-state index in [9.17, 15) is 0 Å². The average Bonchev–Trinajstić information content (AvgIpc) is 2.40. The Bertz CT molecular complexity index is 168. The van der Waals surface area contributed by atoms with Gasteiger partial charge in [-0.15, -0.1) is 0 Å². The standard InChI is InChI=1S/C16H33N/c1-4-12-17-16(13-14(5-2)6-3)15-10-8-7-9-11-15/h14-17H,4-13H2,1-3H3. The summed E-state index contributed by atoms with van der Waals surface area (Å²) in [6.45, 7) is 8.20. The molecule has 0 saturated heterocycles. The molecule has 0 spiro atoms. The van der Waals surface area contributed by atoms with Gasteiger partial charge in [0.2, 0.25) is 0 Å². The summed E-state index contributed by atoms with van der Waals surface area (Å²) in [5, 5.41) is 3.84. The molecule has 0 aromatic rings. The summed E-state index contributed by atoms with van der Waals surface area (Å²) in [6, 6.07) is 0.806. The molecule has 1 aliphatic carbocycles. The molecule has 1 aliphatic rings. The Morgan fingerprint density at radius 2 is 1.65 bits per heavy atom. The summed E-state index contributed by atoms with van der Waals surface area (Å²) in [5.41, 5.74) is 0. The van der Waals surface area contributed by atoms with Gasteiger partial charge in [-0.25, -0.2) is 0 Å². The van der Waals surface area contributed by atoms with Crippen molar-refractivity contribution in [3.05, 3.63) is 0 Å². The second kappa shape index (κ2) is 8.97. The highest BCUT2D eigenvalue weighted by molar-refractivity contribution is 4.81. The Labute approximate surface area is 109 Å². The normalized spacial score (nSPS) is 19.8. The molecule has 1 rings (SSSR count). The van der Waals surface area contributed by atoms with Crippen LogP contribution in [0.2, 0.25) is 0 Å². The molecule has 1 N–H and O–H groups in total. The first kappa shape index (κ1) is 15.0. The van der Waals surface area contributed by atoms with Crippen molar-refractivity contribution in [3.8, 4) is 0 Å². The van der Waals surface area contributed by atoms with Gasteiger partial charge in [-0.3, -0.25) is 0 Å². The molecule has 102 valence electrons. The molecule has 0 aromatic heterocycles. The number of rotatable bonds is 8. The van der Waals surface area contributed by atoms with Gasteiger partial charge in [-0.2, -0.15) is 0 Å². The van der Waals surface area contributed by atoms with Gasteiger partial charge in [0.25, 0.3) is 0 Å². The molecule has 0 heterocycles.